The van der Waals surface area contributed by atoms with E-state index < -0.39 is 0 Å². The monoisotopic (exact) mass is 348 g/mol. The highest BCUT2D eigenvalue weighted by atomic mass is 35.5. The highest BCUT2D eigenvalue weighted by molar-refractivity contribution is 5.95. The van der Waals surface area contributed by atoms with Crippen molar-refractivity contribution in [1.82, 2.24) is 10.2 Å². The van der Waals surface area contributed by atoms with Crippen LogP contribution < -0.4 is 5.32 Å². The van der Waals surface area contributed by atoms with Crippen LogP contribution in [0.1, 0.15) is 46.0 Å². The van der Waals surface area contributed by atoms with Crippen molar-refractivity contribution in [2.45, 2.75) is 33.2 Å². The Bertz CT molecular complexity index is 694. The molecule has 0 spiro atoms. The summed E-state index contributed by atoms with van der Waals surface area (Å²) in [6.07, 6.45) is 1.03. The van der Waals surface area contributed by atoms with Crippen LogP contribution in [-0.4, -0.2) is 30.4 Å². The highest BCUT2D eigenvalue weighted by Crippen LogP contribution is 2.26. The summed E-state index contributed by atoms with van der Waals surface area (Å²) in [4.78, 5) is 14.9. The van der Waals surface area contributed by atoms with Gasteiger partial charge in [-0.25, -0.2) is 0 Å². The molecule has 4 nitrogen and oxygen atoms in total. The third-order valence-electron chi connectivity index (χ3n) is 4.55. The molecular weight excluding hydrogens is 324 g/mol. The maximum Gasteiger partial charge on any atom is 0.258 e. The zero-order valence-electron chi connectivity index (χ0n) is 14.5. The average molecular weight is 349 g/mol. The van der Waals surface area contributed by atoms with E-state index >= 15 is 0 Å². The largest absolute Gasteiger partial charge is 0.466 e. The first kappa shape index (κ1) is 18.6. The van der Waals surface area contributed by atoms with Gasteiger partial charge in [0.05, 0.1) is 11.6 Å². The zero-order chi connectivity index (χ0) is 16.4. The molecule has 3 rings (SSSR count). The number of nitrogens with zero attached hydrogens (tertiary/aromatic N) is 1. The van der Waals surface area contributed by atoms with Gasteiger partial charge in [-0.05, 0) is 37.5 Å². The van der Waals surface area contributed by atoms with Crippen LogP contribution >= 0.6 is 12.4 Å². The van der Waals surface area contributed by atoms with Gasteiger partial charge in [-0.3, -0.25) is 4.79 Å². The fraction of sp³-hybridized carbons (Fsp3) is 0.421. The van der Waals surface area contributed by atoms with Crippen molar-refractivity contribution in [3.8, 4) is 0 Å². The lowest BCUT2D eigenvalue weighted by molar-refractivity contribution is 0.0632. The Hall–Kier alpha value is -1.78. The van der Waals surface area contributed by atoms with Gasteiger partial charge in [-0.1, -0.05) is 31.2 Å². The second kappa shape index (κ2) is 7.86. The lowest BCUT2D eigenvalue weighted by Gasteiger charge is -2.36. The maximum absolute atomic E-state index is 13.0. The first-order valence-electron chi connectivity index (χ1n) is 8.27. The highest BCUT2D eigenvalue weighted by Gasteiger charge is 2.30. The Kier molecular flexibility index (Phi) is 6.08. The molecular formula is C19H25ClN2O2. The molecule has 1 N–H and O–H groups in total. The molecule has 0 saturated carbocycles. The first-order chi connectivity index (χ1) is 11.1. The summed E-state index contributed by atoms with van der Waals surface area (Å²) in [6, 6.07) is 10.5. The number of aryl methyl sites for hydroxylation is 3. The molecule has 5 heteroatoms. The Morgan fingerprint density at radius 2 is 2.00 bits per heavy atom. The summed E-state index contributed by atoms with van der Waals surface area (Å²) < 4.78 is 5.53. The van der Waals surface area contributed by atoms with Gasteiger partial charge in [0.2, 0.25) is 0 Å². The van der Waals surface area contributed by atoms with E-state index in [-0.39, 0.29) is 24.4 Å². The molecule has 0 bridgehead atoms. The summed E-state index contributed by atoms with van der Waals surface area (Å²) in [6.45, 7) is 8.20. The molecule has 1 saturated heterocycles. The van der Waals surface area contributed by atoms with Crippen LogP contribution in [-0.2, 0) is 6.42 Å². The van der Waals surface area contributed by atoms with Crippen molar-refractivity contribution in [1.29, 1.82) is 0 Å². The smallest absolute Gasteiger partial charge is 0.258 e. The van der Waals surface area contributed by atoms with Crippen molar-refractivity contribution in [2.24, 2.45) is 0 Å². The molecule has 2 heterocycles. The molecule has 1 fully saturated rings. The van der Waals surface area contributed by atoms with Crippen LogP contribution in [0.5, 0.6) is 0 Å². The number of carbonyl (C=O) groups is 1. The first-order valence-corrected chi connectivity index (χ1v) is 8.27. The molecule has 24 heavy (non-hydrogen) atoms. The third kappa shape index (κ3) is 3.65. The fourth-order valence-corrected chi connectivity index (χ4v) is 3.22. The van der Waals surface area contributed by atoms with Crippen LogP contribution in [0.25, 0.3) is 0 Å². The molecule has 1 unspecified atom stereocenters. The number of nitrogens with one attached hydrogen (secondary N) is 1. The number of hydrogen-bond acceptors (Lipinski definition) is 3. The molecule has 1 aliphatic heterocycles. The van der Waals surface area contributed by atoms with E-state index in [2.05, 4.69) is 36.5 Å². The van der Waals surface area contributed by atoms with E-state index in [1.165, 1.54) is 11.1 Å². The molecule has 1 aromatic heterocycles. The van der Waals surface area contributed by atoms with Crippen molar-refractivity contribution in [3.05, 3.63) is 58.5 Å². The summed E-state index contributed by atoms with van der Waals surface area (Å²) in [7, 11) is 0. The van der Waals surface area contributed by atoms with Crippen molar-refractivity contribution >= 4 is 18.3 Å². The minimum Gasteiger partial charge on any atom is -0.466 e. The van der Waals surface area contributed by atoms with Gasteiger partial charge < -0.3 is 14.6 Å². The summed E-state index contributed by atoms with van der Waals surface area (Å²) >= 11 is 0. The molecule has 1 atom stereocenters. The Morgan fingerprint density at radius 3 is 2.58 bits per heavy atom. The number of hydrogen-bond donors (Lipinski definition) is 1. The van der Waals surface area contributed by atoms with Crippen LogP contribution in [0.15, 0.2) is 34.7 Å². The van der Waals surface area contributed by atoms with Gasteiger partial charge in [-0.2, -0.15) is 0 Å². The van der Waals surface area contributed by atoms with Crippen LogP contribution in [0, 0.1) is 13.8 Å². The van der Waals surface area contributed by atoms with E-state index in [4.69, 9.17) is 4.42 Å². The molecule has 0 aliphatic carbocycles. The van der Waals surface area contributed by atoms with E-state index in [0.717, 1.165) is 25.3 Å². The van der Waals surface area contributed by atoms with E-state index in [1.54, 1.807) is 0 Å². The van der Waals surface area contributed by atoms with Gasteiger partial charge in [0.1, 0.15) is 11.5 Å². The standard InChI is InChI=1S/C19H24N2O2.ClH/c1-4-15-5-7-16(8-6-15)18-12-20-9-10-21(18)19(22)17-11-13(2)23-14(17)3;/h5-8,11,18,20H,4,9-10,12H2,1-3H3;1H. The van der Waals surface area contributed by atoms with Gasteiger partial charge in [0, 0.05) is 19.6 Å². The number of benzene rings is 1. The van der Waals surface area contributed by atoms with Crippen molar-refractivity contribution in [2.75, 3.05) is 19.6 Å². The second-order valence-electron chi connectivity index (χ2n) is 6.14. The zero-order valence-corrected chi connectivity index (χ0v) is 15.3. The predicted octanol–water partition coefficient (Wildman–Crippen LogP) is 3.67. The Morgan fingerprint density at radius 1 is 1.29 bits per heavy atom. The number of piperazine rings is 1. The SMILES string of the molecule is CCc1ccc(C2CNCCN2C(=O)c2cc(C)oc2C)cc1.Cl. The predicted molar refractivity (Wildman–Crippen MR) is 97.9 cm³/mol. The fourth-order valence-electron chi connectivity index (χ4n) is 3.22. The average Bonchev–Trinajstić information content (AvgIpc) is 2.92. The number of rotatable bonds is 3. The van der Waals surface area contributed by atoms with E-state index in [0.29, 0.717) is 17.9 Å². The minimum absolute atomic E-state index is 0. The lowest BCUT2D eigenvalue weighted by atomic mass is 10.00. The topological polar surface area (TPSA) is 45.5 Å². The van der Waals surface area contributed by atoms with Crippen LogP contribution in [0.2, 0.25) is 0 Å². The van der Waals surface area contributed by atoms with E-state index in [1.807, 2.05) is 24.8 Å². The van der Waals surface area contributed by atoms with Crippen LogP contribution in [0.4, 0.5) is 0 Å². The van der Waals surface area contributed by atoms with Crippen LogP contribution in [0.3, 0.4) is 0 Å². The van der Waals surface area contributed by atoms with Gasteiger partial charge in [0.15, 0.2) is 0 Å². The molecule has 1 aliphatic rings. The Balaban J connectivity index is 0.00000208. The van der Waals surface area contributed by atoms with E-state index in [9.17, 15) is 4.79 Å². The quantitative estimate of drug-likeness (QED) is 0.920. The number of amides is 1. The Labute approximate surface area is 149 Å². The lowest BCUT2D eigenvalue weighted by Crippen LogP contribution is -2.48. The number of halogens is 1. The summed E-state index contributed by atoms with van der Waals surface area (Å²) in [5.74, 6) is 1.54. The third-order valence-corrected chi connectivity index (χ3v) is 4.55. The number of furan rings is 1. The number of carbonyl (C=O) groups excluding carboxylic acids is 1. The van der Waals surface area contributed by atoms with Gasteiger partial charge in [-0.15, -0.1) is 12.4 Å². The molecule has 130 valence electrons. The second-order valence-corrected chi connectivity index (χ2v) is 6.14. The normalized spacial score (nSPS) is 17.5. The van der Waals surface area contributed by atoms with Gasteiger partial charge in [0.25, 0.3) is 5.91 Å². The molecule has 0 radical (unpaired) electrons. The van der Waals surface area contributed by atoms with Crippen molar-refractivity contribution < 1.29 is 9.21 Å². The molecule has 2 aromatic rings. The molecule has 1 aromatic carbocycles. The summed E-state index contributed by atoms with van der Waals surface area (Å²) in [5, 5.41) is 3.40. The summed E-state index contributed by atoms with van der Waals surface area (Å²) in [5.41, 5.74) is 3.18. The van der Waals surface area contributed by atoms with Crippen molar-refractivity contribution in [3.63, 3.8) is 0 Å². The van der Waals surface area contributed by atoms with Gasteiger partial charge >= 0.3 is 0 Å². The minimum atomic E-state index is 0. The molecule has 1 amide bonds. The maximum atomic E-state index is 13.0.